The summed E-state index contributed by atoms with van der Waals surface area (Å²) < 4.78 is 7.20. The fraction of sp³-hybridized carbons (Fsp3) is 0.167. The van der Waals surface area contributed by atoms with Gasteiger partial charge in [-0.15, -0.1) is 0 Å². The van der Waals surface area contributed by atoms with Crippen LogP contribution in [0.2, 0.25) is 5.15 Å². The van der Waals surface area contributed by atoms with Crippen molar-refractivity contribution in [1.82, 2.24) is 13.9 Å². The Balaban J connectivity index is 1.78. The average molecular weight is 279 g/mol. The van der Waals surface area contributed by atoms with Gasteiger partial charge in [0.25, 0.3) is 0 Å². The fourth-order valence-electron chi connectivity index (χ4n) is 1.74. The third-order valence-corrected chi connectivity index (χ3v) is 3.95. The van der Waals surface area contributed by atoms with Gasteiger partial charge in [-0.05, 0) is 29.7 Å². The minimum absolute atomic E-state index is 0.643. The molecule has 1 N–H and O–H groups in total. The van der Waals surface area contributed by atoms with Gasteiger partial charge >= 0.3 is 0 Å². The molecule has 0 bridgehead atoms. The number of anilines is 1. The summed E-state index contributed by atoms with van der Waals surface area (Å²) in [7, 11) is 1.90. The Morgan fingerprint density at radius 1 is 1.39 bits per heavy atom. The van der Waals surface area contributed by atoms with E-state index in [0.29, 0.717) is 11.7 Å². The van der Waals surface area contributed by atoms with Crippen LogP contribution in [0.25, 0.3) is 10.1 Å². The Kier molecular flexibility index (Phi) is 2.93. The molecule has 92 valence electrons. The highest BCUT2D eigenvalue weighted by Crippen LogP contribution is 2.22. The lowest BCUT2D eigenvalue weighted by atomic mass is 10.2. The molecule has 0 unspecified atom stereocenters. The number of rotatable bonds is 3. The van der Waals surface area contributed by atoms with Crippen molar-refractivity contribution in [3.63, 3.8) is 0 Å². The second-order valence-corrected chi connectivity index (χ2v) is 5.21. The first-order valence-electron chi connectivity index (χ1n) is 5.48. The molecule has 0 amide bonds. The van der Waals surface area contributed by atoms with Crippen LogP contribution in [0.3, 0.4) is 0 Å². The molecule has 3 aromatic rings. The van der Waals surface area contributed by atoms with Crippen LogP contribution in [-0.4, -0.2) is 13.9 Å². The zero-order valence-corrected chi connectivity index (χ0v) is 11.3. The molecule has 0 spiro atoms. The maximum absolute atomic E-state index is 5.94. The molecule has 1 aromatic carbocycles. The van der Waals surface area contributed by atoms with Gasteiger partial charge < -0.3 is 9.88 Å². The van der Waals surface area contributed by atoms with Gasteiger partial charge in [-0.3, -0.25) is 0 Å². The molecule has 18 heavy (non-hydrogen) atoms. The van der Waals surface area contributed by atoms with Gasteiger partial charge in [0.2, 0.25) is 0 Å². The number of nitrogens with one attached hydrogen (secondary N) is 1. The van der Waals surface area contributed by atoms with E-state index in [1.54, 1.807) is 6.20 Å². The average Bonchev–Trinajstić information content (AvgIpc) is 2.96. The summed E-state index contributed by atoms with van der Waals surface area (Å²) >= 11 is 7.44. The highest BCUT2D eigenvalue weighted by atomic mass is 35.5. The van der Waals surface area contributed by atoms with Crippen LogP contribution >= 0.6 is 23.1 Å². The van der Waals surface area contributed by atoms with E-state index in [2.05, 4.69) is 26.8 Å². The summed E-state index contributed by atoms with van der Waals surface area (Å²) in [6, 6.07) is 6.20. The molecule has 0 radical (unpaired) electrons. The van der Waals surface area contributed by atoms with Crippen LogP contribution in [0, 0.1) is 0 Å². The Bertz CT molecular complexity index is 688. The Hall–Kier alpha value is -1.59. The lowest BCUT2D eigenvalue weighted by Crippen LogP contribution is -2.05. The summed E-state index contributed by atoms with van der Waals surface area (Å²) in [4.78, 5) is 4.24. The smallest absolute Gasteiger partial charge is 0.128 e. The Labute approximate surface area is 113 Å². The maximum Gasteiger partial charge on any atom is 0.128 e. The van der Waals surface area contributed by atoms with Gasteiger partial charge in [0.1, 0.15) is 11.0 Å². The molecule has 3 rings (SSSR count). The van der Waals surface area contributed by atoms with E-state index in [1.807, 2.05) is 23.9 Å². The van der Waals surface area contributed by atoms with Gasteiger partial charge in [-0.2, -0.15) is 4.37 Å². The van der Waals surface area contributed by atoms with E-state index >= 15 is 0 Å². The number of hydrogen-bond acceptors (Lipinski definition) is 4. The maximum atomic E-state index is 5.94. The number of aromatic nitrogens is 3. The molecule has 0 aliphatic carbocycles. The molecule has 0 aliphatic heterocycles. The summed E-state index contributed by atoms with van der Waals surface area (Å²) in [6.45, 7) is 0.646. The monoisotopic (exact) mass is 278 g/mol. The van der Waals surface area contributed by atoms with Crippen LogP contribution in [0.15, 0.2) is 30.6 Å². The van der Waals surface area contributed by atoms with E-state index in [9.17, 15) is 0 Å². The molecular weight excluding hydrogens is 268 g/mol. The van der Waals surface area contributed by atoms with Crippen LogP contribution in [0.5, 0.6) is 0 Å². The zero-order chi connectivity index (χ0) is 12.5. The molecular formula is C12H11ClN4S. The Morgan fingerprint density at radius 3 is 3.06 bits per heavy atom. The van der Waals surface area contributed by atoms with Gasteiger partial charge in [-0.1, -0.05) is 11.6 Å². The van der Waals surface area contributed by atoms with Crippen molar-refractivity contribution in [2.45, 2.75) is 6.54 Å². The summed E-state index contributed by atoms with van der Waals surface area (Å²) in [6.07, 6.45) is 3.53. The normalized spacial score (nSPS) is 11.0. The van der Waals surface area contributed by atoms with Gasteiger partial charge in [0, 0.05) is 24.3 Å². The zero-order valence-electron chi connectivity index (χ0n) is 9.72. The number of hydrogen-bond donors (Lipinski definition) is 1. The van der Waals surface area contributed by atoms with E-state index in [0.717, 1.165) is 11.5 Å². The first kappa shape index (κ1) is 11.5. The molecule has 2 heterocycles. The highest BCUT2D eigenvalue weighted by Gasteiger charge is 2.04. The predicted molar refractivity (Wildman–Crippen MR) is 75.2 cm³/mol. The SMILES string of the molecule is Cn1c(Cl)cnc1CNc1ccc2cnsc2c1. The summed E-state index contributed by atoms with van der Waals surface area (Å²) in [5.74, 6) is 0.907. The second kappa shape index (κ2) is 4.59. The number of nitrogens with zero attached hydrogens (tertiary/aromatic N) is 3. The molecule has 6 heteroatoms. The number of imidazole rings is 1. The second-order valence-electron chi connectivity index (χ2n) is 3.99. The van der Waals surface area contributed by atoms with Crippen LogP contribution in [0.1, 0.15) is 5.82 Å². The van der Waals surface area contributed by atoms with Crippen molar-refractivity contribution in [2.24, 2.45) is 7.05 Å². The number of fused-ring (bicyclic) bond motifs is 1. The first-order valence-corrected chi connectivity index (χ1v) is 6.63. The van der Waals surface area contributed by atoms with Crippen molar-refractivity contribution in [1.29, 1.82) is 0 Å². The van der Waals surface area contributed by atoms with Gasteiger partial charge in [0.15, 0.2) is 0 Å². The van der Waals surface area contributed by atoms with Gasteiger partial charge in [0.05, 0.1) is 17.4 Å². The molecule has 0 aliphatic rings. The van der Waals surface area contributed by atoms with Crippen molar-refractivity contribution in [3.05, 3.63) is 41.6 Å². The van der Waals surface area contributed by atoms with Crippen LogP contribution < -0.4 is 5.32 Å². The molecule has 0 atom stereocenters. The molecule has 2 aromatic heterocycles. The summed E-state index contributed by atoms with van der Waals surface area (Å²) in [5, 5.41) is 5.15. The molecule has 0 fully saturated rings. The highest BCUT2D eigenvalue weighted by molar-refractivity contribution is 7.13. The van der Waals surface area contributed by atoms with Crippen LogP contribution in [-0.2, 0) is 13.6 Å². The molecule has 0 saturated carbocycles. The van der Waals surface area contributed by atoms with E-state index in [-0.39, 0.29) is 0 Å². The van der Waals surface area contributed by atoms with Gasteiger partial charge in [-0.25, -0.2) is 4.98 Å². The molecule has 4 nitrogen and oxygen atoms in total. The quantitative estimate of drug-likeness (QED) is 0.799. The van der Waals surface area contributed by atoms with E-state index in [4.69, 9.17) is 11.6 Å². The summed E-state index contributed by atoms with van der Waals surface area (Å²) in [5.41, 5.74) is 1.06. The molecule has 0 saturated heterocycles. The van der Waals surface area contributed by atoms with E-state index in [1.165, 1.54) is 21.6 Å². The predicted octanol–water partition coefficient (Wildman–Crippen LogP) is 3.30. The first-order chi connectivity index (χ1) is 8.74. The number of benzene rings is 1. The fourth-order valence-corrected chi connectivity index (χ4v) is 2.57. The van der Waals surface area contributed by atoms with Crippen molar-refractivity contribution in [3.8, 4) is 0 Å². The van der Waals surface area contributed by atoms with Crippen molar-refractivity contribution >= 4 is 38.9 Å². The topological polar surface area (TPSA) is 42.7 Å². The van der Waals surface area contributed by atoms with Crippen molar-refractivity contribution < 1.29 is 0 Å². The lowest BCUT2D eigenvalue weighted by molar-refractivity contribution is 0.813. The third-order valence-electron chi connectivity index (χ3n) is 2.83. The van der Waals surface area contributed by atoms with E-state index < -0.39 is 0 Å². The van der Waals surface area contributed by atoms with Crippen LogP contribution in [0.4, 0.5) is 5.69 Å². The minimum Gasteiger partial charge on any atom is -0.378 e. The largest absolute Gasteiger partial charge is 0.378 e. The van der Waals surface area contributed by atoms with Crippen molar-refractivity contribution in [2.75, 3.05) is 5.32 Å². The third kappa shape index (κ3) is 2.07. The standard InChI is InChI=1S/C12H11ClN4S/c1-17-11(13)6-15-12(17)7-14-9-3-2-8-5-16-18-10(8)4-9/h2-6,14H,7H2,1H3. The lowest BCUT2D eigenvalue weighted by Gasteiger charge is -2.06. The number of halogens is 1. The minimum atomic E-state index is 0.643. The Morgan fingerprint density at radius 2 is 2.28 bits per heavy atom.